The van der Waals surface area contributed by atoms with Crippen molar-refractivity contribution in [2.45, 2.75) is 24.9 Å². The van der Waals surface area contributed by atoms with Gasteiger partial charge in [0.2, 0.25) is 0 Å². The predicted octanol–water partition coefficient (Wildman–Crippen LogP) is -0.888. The number of carbonyl (C=O) groups is 2. The summed E-state index contributed by atoms with van der Waals surface area (Å²) in [6.07, 6.45) is 0.904. The van der Waals surface area contributed by atoms with Crippen molar-refractivity contribution in [3.05, 3.63) is 0 Å². The molecule has 6 bridgehead atoms. The average Bonchev–Trinajstić information content (AvgIpc) is 2.38. The molecular formula is C12H16N2O4. The molecule has 4 heterocycles. The zero-order valence-electron chi connectivity index (χ0n) is 9.85. The average molecular weight is 252 g/mol. The number of carboxylic acid groups (broad SMARTS) is 2. The van der Waals surface area contributed by atoms with E-state index in [0.717, 1.165) is 0 Å². The van der Waals surface area contributed by atoms with Crippen molar-refractivity contribution in [2.75, 3.05) is 13.1 Å². The Morgan fingerprint density at radius 2 is 1.28 bits per heavy atom. The Morgan fingerprint density at radius 1 is 0.889 bits per heavy atom. The first-order chi connectivity index (χ1) is 8.53. The van der Waals surface area contributed by atoms with Crippen LogP contribution in [0, 0.1) is 22.7 Å². The fourth-order valence-corrected chi connectivity index (χ4v) is 5.35. The molecule has 0 amide bonds. The van der Waals surface area contributed by atoms with Gasteiger partial charge in [-0.05, 0) is 37.8 Å². The molecule has 6 unspecified atom stereocenters. The monoisotopic (exact) mass is 252 g/mol. The van der Waals surface area contributed by atoms with E-state index in [4.69, 9.17) is 0 Å². The Bertz CT molecular complexity index is 425. The summed E-state index contributed by atoms with van der Waals surface area (Å²) in [4.78, 5) is 23.5. The van der Waals surface area contributed by atoms with Crippen LogP contribution in [0.25, 0.3) is 0 Å². The van der Waals surface area contributed by atoms with E-state index in [1.54, 1.807) is 0 Å². The molecule has 4 saturated heterocycles. The van der Waals surface area contributed by atoms with Crippen molar-refractivity contribution in [2.24, 2.45) is 22.7 Å². The Kier molecular flexibility index (Phi) is 1.72. The lowest BCUT2D eigenvalue weighted by Gasteiger charge is -2.72. The third-order valence-corrected chi connectivity index (χ3v) is 6.10. The quantitative estimate of drug-likeness (QED) is 0.509. The molecule has 6 heteroatoms. The van der Waals surface area contributed by atoms with Crippen LogP contribution in [0.2, 0.25) is 0 Å². The van der Waals surface area contributed by atoms with Gasteiger partial charge in [-0.2, -0.15) is 0 Å². The van der Waals surface area contributed by atoms with Crippen molar-refractivity contribution in [1.29, 1.82) is 0 Å². The molecule has 7 rings (SSSR count). The Labute approximate surface area is 104 Å². The van der Waals surface area contributed by atoms with Gasteiger partial charge in [0.05, 0.1) is 10.8 Å². The van der Waals surface area contributed by atoms with Gasteiger partial charge in [-0.1, -0.05) is 0 Å². The largest absolute Gasteiger partial charge is 0.481 e. The second kappa shape index (κ2) is 2.88. The number of nitrogens with one attached hydrogen (secondary N) is 2. The number of carboxylic acids is 2. The Morgan fingerprint density at radius 3 is 1.61 bits per heavy atom. The molecule has 4 N–H and O–H groups in total. The third-order valence-electron chi connectivity index (χ3n) is 6.10. The summed E-state index contributed by atoms with van der Waals surface area (Å²) in [5.74, 6) is -1.59. The number of piperidine rings is 4. The van der Waals surface area contributed by atoms with Crippen LogP contribution in [-0.2, 0) is 9.59 Å². The smallest absolute Gasteiger partial charge is 0.311 e. The highest BCUT2D eigenvalue weighted by Crippen LogP contribution is 2.66. The van der Waals surface area contributed by atoms with E-state index in [0.29, 0.717) is 25.9 Å². The number of hydrogen-bond acceptors (Lipinski definition) is 4. The van der Waals surface area contributed by atoms with Crippen LogP contribution in [0.1, 0.15) is 12.8 Å². The maximum absolute atomic E-state index is 11.8. The van der Waals surface area contributed by atoms with Gasteiger partial charge in [0, 0.05) is 12.1 Å². The minimum atomic E-state index is -0.750. The first-order valence-corrected chi connectivity index (χ1v) is 6.47. The highest BCUT2D eigenvalue weighted by Gasteiger charge is 2.77. The van der Waals surface area contributed by atoms with E-state index in [2.05, 4.69) is 10.6 Å². The van der Waals surface area contributed by atoms with Crippen LogP contribution in [-0.4, -0.2) is 47.3 Å². The summed E-state index contributed by atoms with van der Waals surface area (Å²) >= 11 is 0. The molecular weight excluding hydrogens is 236 g/mol. The van der Waals surface area contributed by atoms with Crippen LogP contribution >= 0.6 is 0 Å². The van der Waals surface area contributed by atoms with Crippen molar-refractivity contribution in [3.63, 3.8) is 0 Å². The van der Waals surface area contributed by atoms with Gasteiger partial charge in [-0.3, -0.25) is 9.59 Å². The van der Waals surface area contributed by atoms with Crippen LogP contribution in [0.3, 0.4) is 0 Å². The molecule has 3 saturated carbocycles. The van der Waals surface area contributed by atoms with Gasteiger partial charge >= 0.3 is 11.9 Å². The normalized spacial score (nSPS) is 55.8. The molecule has 18 heavy (non-hydrogen) atoms. The topological polar surface area (TPSA) is 98.7 Å². The Hall–Kier alpha value is -1.14. The van der Waals surface area contributed by atoms with E-state index >= 15 is 0 Å². The summed E-state index contributed by atoms with van der Waals surface area (Å²) in [6.45, 7) is 1.30. The van der Waals surface area contributed by atoms with Crippen molar-refractivity contribution < 1.29 is 19.8 Å². The molecule has 6 atom stereocenters. The minimum Gasteiger partial charge on any atom is -0.481 e. The number of rotatable bonds is 2. The van der Waals surface area contributed by atoms with Gasteiger partial charge in [-0.15, -0.1) is 0 Å². The fraction of sp³-hybridized carbons (Fsp3) is 0.833. The van der Waals surface area contributed by atoms with Crippen LogP contribution < -0.4 is 10.6 Å². The van der Waals surface area contributed by atoms with E-state index in [9.17, 15) is 19.8 Å². The minimum absolute atomic E-state index is 0.0453. The van der Waals surface area contributed by atoms with Gasteiger partial charge in [0.25, 0.3) is 0 Å². The summed E-state index contributed by atoms with van der Waals surface area (Å²) in [5.41, 5.74) is -1.48. The summed E-state index contributed by atoms with van der Waals surface area (Å²) in [6, 6.07) is -0.362. The van der Waals surface area contributed by atoms with Crippen LogP contribution in [0.4, 0.5) is 0 Å². The zero-order valence-corrected chi connectivity index (χ0v) is 9.85. The third kappa shape index (κ3) is 0.824. The lowest BCUT2D eigenvalue weighted by Crippen LogP contribution is -2.85. The molecule has 0 aromatic rings. The number of aliphatic carboxylic acids is 2. The maximum atomic E-state index is 11.8. The first kappa shape index (κ1) is 10.8. The summed E-state index contributed by atoms with van der Waals surface area (Å²) in [7, 11) is 0. The SMILES string of the molecule is O=C(O)C12CC3NCC1C1CNC2CC31C(=O)O. The second-order valence-corrected chi connectivity index (χ2v) is 6.23. The zero-order chi connectivity index (χ0) is 12.7. The standard InChI is InChI=1S/C12H16N2O4/c15-9(16)11-1-7-12(10(17)18)2-8(11)14-4-6(12)5(11)3-13-7/h5-8,13-14H,1-4H2,(H,15,16)(H,17,18). The van der Waals surface area contributed by atoms with Gasteiger partial charge in [0.15, 0.2) is 0 Å². The van der Waals surface area contributed by atoms with Crippen molar-refractivity contribution in [3.8, 4) is 0 Å². The first-order valence-electron chi connectivity index (χ1n) is 6.47. The van der Waals surface area contributed by atoms with Gasteiger partial charge in [-0.25, -0.2) is 0 Å². The number of hydrogen-bond donors (Lipinski definition) is 4. The molecule has 0 radical (unpaired) electrons. The summed E-state index contributed by atoms with van der Waals surface area (Å²) in [5, 5.41) is 25.9. The molecule has 4 aliphatic heterocycles. The highest BCUT2D eigenvalue weighted by molar-refractivity contribution is 5.83. The fourth-order valence-electron chi connectivity index (χ4n) is 5.35. The van der Waals surface area contributed by atoms with E-state index in [1.807, 2.05) is 0 Å². The molecule has 0 aromatic carbocycles. The molecule has 3 aliphatic carbocycles. The maximum Gasteiger partial charge on any atom is 0.311 e. The molecule has 7 fully saturated rings. The Balaban J connectivity index is 1.91. The lowest BCUT2D eigenvalue weighted by molar-refractivity contribution is -0.234. The van der Waals surface area contributed by atoms with Gasteiger partial charge in [0.1, 0.15) is 0 Å². The molecule has 6 nitrogen and oxygen atoms in total. The number of fused-ring (bicyclic) bond motifs is 2. The molecule has 0 aromatic heterocycles. The van der Waals surface area contributed by atoms with E-state index < -0.39 is 22.8 Å². The highest BCUT2D eigenvalue weighted by atomic mass is 16.4. The van der Waals surface area contributed by atoms with Crippen molar-refractivity contribution >= 4 is 11.9 Å². The summed E-state index contributed by atoms with van der Waals surface area (Å²) < 4.78 is 0. The van der Waals surface area contributed by atoms with Crippen LogP contribution in [0.15, 0.2) is 0 Å². The second-order valence-electron chi connectivity index (χ2n) is 6.23. The molecule has 0 spiro atoms. The van der Waals surface area contributed by atoms with Gasteiger partial charge < -0.3 is 20.8 Å². The van der Waals surface area contributed by atoms with Crippen molar-refractivity contribution in [1.82, 2.24) is 10.6 Å². The predicted molar refractivity (Wildman–Crippen MR) is 59.9 cm³/mol. The van der Waals surface area contributed by atoms with E-state index in [1.165, 1.54) is 0 Å². The molecule has 98 valence electrons. The van der Waals surface area contributed by atoms with E-state index in [-0.39, 0.29) is 23.9 Å². The lowest BCUT2D eigenvalue weighted by atomic mass is 9.37. The van der Waals surface area contributed by atoms with Crippen LogP contribution in [0.5, 0.6) is 0 Å². The molecule has 7 aliphatic rings.